The van der Waals surface area contributed by atoms with Crippen molar-refractivity contribution >= 4 is 6.08 Å². The first kappa shape index (κ1) is 11.9. The molecule has 1 heterocycles. The van der Waals surface area contributed by atoms with Gasteiger partial charge in [-0.3, -0.25) is 0 Å². The molecule has 1 aromatic rings. The van der Waals surface area contributed by atoms with E-state index in [1.165, 1.54) is 0 Å². The van der Waals surface area contributed by atoms with Crippen molar-refractivity contribution in [1.82, 2.24) is 10.1 Å². The van der Waals surface area contributed by atoms with Crippen LogP contribution in [0, 0.1) is 0 Å². The molecule has 0 radical (unpaired) electrons. The highest BCUT2D eigenvalue weighted by atomic mass is 16.5. The first-order chi connectivity index (χ1) is 7.22. The van der Waals surface area contributed by atoms with E-state index in [4.69, 9.17) is 9.26 Å². The molecule has 4 nitrogen and oxygen atoms in total. The van der Waals surface area contributed by atoms with Gasteiger partial charge < -0.3 is 9.26 Å². The first-order valence-corrected chi connectivity index (χ1v) is 5.33. The number of hydrogen-bond acceptors (Lipinski definition) is 4. The van der Waals surface area contributed by atoms with E-state index in [1.807, 2.05) is 6.92 Å². The zero-order chi connectivity index (χ0) is 11.3. The zero-order valence-corrected chi connectivity index (χ0v) is 9.62. The van der Waals surface area contributed by atoms with Gasteiger partial charge in [0.05, 0.1) is 0 Å². The molecule has 0 saturated heterocycles. The van der Waals surface area contributed by atoms with Crippen LogP contribution in [-0.4, -0.2) is 16.7 Å². The fourth-order valence-corrected chi connectivity index (χ4v) is 1.61. The Morgan fingerprint density at radius 2 is 2.07 bits per heavy atom. The van der Waals surface area contributed by atoms with Gasteiger partial charge in [0, 0.05) is 6.61 Å². The van der Waals surface area contributed by atoms with Crippen molar-refractivity contribution in [1.29, 1.82) is 0 Å². The van der Waals surface area contributed by atoms with Crippen LogP contribution in [0.4, 0.5) is 0 Å². The molecule has 0 saturated carbocycles. The highest BCUT2D eigenvalue weighted by molar-refractivity contribution is 5.33. The van der Waals surface area contributed by atoms with Gasteiger partial charge in [-0.05, 0) is 25.8 Å². The molecular formula is C11H18N2O2. The number of nitrogens with zero attached hydrogens (tertiary/aromatic N) is 2. The average Bonchev–Trinajstić information content (AvgIpc) is 2.75. The number of hydrogen-bond donors (Lipinski definition) is 0. The van der Waals surface area contributed by atoms with Gasteiger partial charge in [-0.1, -0.05) is 25.6 Å². The highest BCUT2D eigenvalue weighted by Crippen LogP contribution is 2.30. The summed E-state index contributed by atoms with van der Waals surface area (Å²) in [6.45, 7) is 10.3. The lowest BCUT2D eigenvalue weighted by Gasteiger charge is -2.27. The Morgan fingerprint density at radius 1 is 1.40 bits per heavy atom. The molecule has 1 aromatic heterocycles. The van der Waals surface area contributed by atoms with E-state index in [2.05, 4.69) is 30.6 Å². The summed E-state index contributed by atoms with van der Waals surface area (Å²) in [4.78, 5) is 4.24. The van der Waals surface area contributed by atoms with Gasteiger partial charge >= 0.3 is 0 Å². The second kappa shape index (κ2) is 5.07. The Labute approximate surface area is 90.3 Å². The molecule has 15 heavy (non-hydrogen) atoms. The van der Waals surface area contributed by atoms with E-state index >= 15 is 0 Å². The van der Waals surface area contributed by atoms with Crippen LogP contribution in [0.1, 0.15) is 45.3 Å². The van der Waals surface area contributed by atoms with Crippen molar-refractivity contribution in [2.45, 2.75) is 39.2 Å². The predicted molar refractivity (Wildman–Crippen MR) is 58.3 cm³/mol. The fourth-order valence-electron chi connectivity index (χ4n) is 1.61. The normalized spacial score (nSPS) is 11.7. The van der Waals surface area contributed by atoms with Gasteiger partial charge in [-0.15, -0.1) is 0 Å². The minimum atomic E-state index is -0.417. The quantitative estimate of drug-likeness (QED) is 0.724. The maximum Gasteiger partial charge on any atom is 0.250 e. The molecular weight excluding hydrogens is 192 g/mol. The Hall–Kier alpha value is -1.16. The van der Waals surface area contributed by atoms with Crippen LogP contribution >= 0.6 is 0 Å². The third-order valence-corrected chi connectivity index (χ3v) is 2.59. The van der Waals surface area contributed by atoms with E-state index in [0.717, 1.165) is 12.8 Å². The lowest BCUT2D eigenvalue weighted by Crippen LogP contribution is -2.29. The monoisotopic (exact) mass is 210 g/mol. The average molecular weight is 210 g/mol. The van der Waals surface area contributed by atoms with E-state index in [9.17, 15) is 0 Å². The van der Waals surface area contributed by atoms with Crippen LogP contribution in [0.25, 0.3) is 6.08 Å². The second-order valence-electron chi connectivity index (χ2n) is 3.29. The smallest absolute Gasteiger partial charge is 0.250 e. The first-order valence-electron chi connectivity index (χ1n) is 5.33. The van der Waals surface area contributed by atoms with Gasteiger partial charge in [0.2, 0.25) is 11.7 Å². The fraction of sp³-hybridized carbons (Fsp3) is 0.636. The summed E-state index contributed by atoms with van der Waals surface area (Å²) in [5.41, 5.74) is -0.417. The Kier molecular flexibility index (Phi) is 4.03. The summed E-state index contributed by atoms with van der Waals surface area (Å²) in [6.07, 6.45) is 3.19. The van der Waals surface area contributed by atoms with Gasteiger partial charge in [-0.25, -0.2) is 0 Å². The van der Waals surface area contributed by atoms with Crippen molar-refractivity contribution in [3.8, 4) is 0 Å². The number of ether oxygens (including phenoxy) is 1. The lowest BCUT2D eigenvalue weighted by molar-refractivity contribution is -0.0583. The Balaban J connectivity index is 3.01. The Bertz CT molecular complexity index is 316. The minimum Gasteiger partial charge on any atom is -0.367 e. The van der Waals surface area contributed by atoms with Crippen LogP contribution in [0.2, 0.25) is 0 Å². The van der Waals surface area contributed by atoms with Gasteiger partial charge in [-0.2, -0.15) is 4.98 Å². The number of aromatic nitrogens is 2. The topological polar surface area (TPSA) is 48.2 Å². The van der Waals surface area contributed by atoms with Crippen LogP contribution < -0.4 is 0 Å². The minimum absolute atomic E-state index is 0.417. The number of rotatable bonds is 6. The van der Waals surface area contributed by atoms with E-state index in [1.54, 1.807) is 6.08 Å². The van der Waals surface area contributed by atoms with Crippen LogP contribution in [-0.2, 0) is 10.3 Å². The van der Waals surface area contributed by atoms with Crippen molar-refractivity contribution in [3.63, 3.8) is 0 Å². The van der Waals surface area contributed by atoms with Crippen molar-refractivity contribution in [2.75, 3.05) is 6.61 Å². The molecule has 0 aromatic carbocycles. The summed E-state index contributed by atoms with van der Waals surface area (Å²) in [5.74, 6) is 1.06. The third-order valence-electron chi connectivity index (χ3n) is 2.59. The summed E-state index contributed by atoms with van der Waals surface area (Å²) >= 11 is 0. The van der Waals surface area contributed by atoms with E-state index in [0.29, 0.717) is 18.3 Å². The molecule has 1 rings (SSSR count). The second-order valence-corrected chi connectivity index (χ2v) is 3.29. The molecule has 4 heteroatoms. The summed E-state index contributed by atoms with van der Waals surface area (Å²) in [6, 6.07) is 0. The maximum atomic E-state index is 5.75. The summed E-state index contributed by atoms with van der Waals surface area (Å²) in [5, 5.41) is 3.94. The molecule has 0 fully saturated rings. The predicted octanol–water partition coefficient (Wildman–Crippen LogP) is 2.76. The molecule has 0 amide bonds. The molecule has 0 bridgehead atoms. The van der Waals surface area contributed by atoms with Crippen LogP contribution in [0.15, 0.2) is 11.1 Å². The molecule has 0 atom stereocenters. The lowest BCUT2D eigenvalue weighted by atomic mass is 9.96. The largest absolute Gasteiger partial charge is 0.367 e. The molecule has 0 unspecified atom stereocenters. The van der Waals surface area contributed by atoms with Gasteiger partial charge in [0.1, 0.15) is 5.60 Å². The summed E-state index contributed by atoms with van der Waals surface area (Å²) in [7, 11) is 0. The van der Waals surface area contributed by atoms with Crippen LogP contribution in [0.5, 0.6) is 0 Å². The van der Waals surface area contributed by atoms with Crippen molar-refractivity contribution in [2.24, 2.45) is 0 Å². The molecule has 0 aliphatic heterocycles. The zero-order valence-electron chi connectivity index (χ0n) is 9.62. The highest BCUT2D eigenvalue weighted by Gasteiger charge is 2.34. The van der Waals surface area contributed by atoms with Gasteiger partial charge in [0.15, 0.2) is 0 Å². The summed E-state index contributed by atoms with van der Waals surface area (Å²) < 4.78 is 10.8. The molecule has 84 valence electrons. The molecule has 0 aliphatic rings. The Morgan fingerprint density at radius 3 is 2.47 bits per heavy atom. The molecule has 0 aliphatic carbocycles. The van der Waals surface area contributed by atoms with Gasteiger partial charge in [0.25, 0.3) is 0 Å². The standard InChI is InChI=1S/C11H18N2O2/c1-5-9-12-10(13-15-9)11(6-2,7-3)14-8-4/h5H,1,6-8H2,2-4H3. The van der Waals surface area contributed by atoms with Crippen molar-refractivity contribution < 1.29 is 9.26 Å². The third kappa shape index (κ3) is 2.26. The molecule has 0 spiro atoms. The van der Waals surface area contributed by atoms with E-state index < -0.39 is 5.60 Å². The van der Waals surface area contributed by atoms with E-state index in [-0.39, 0.29) is 0 Å². The van der Waals surface area contributed by atoms with Crippen LogP contribution in [0.3, 0.4) is 0 Å². The maximum absolute atomic E-state index is 5.75. The SMILES string of the molecule is C=Cc1nc(C(CC)(CC)OCC)no1. The van der Waals surface area contributed by atoms with Crippen molar-refractivity contribution in [3.05, 3.63) is 18.3 Å². The molecule has 0 N–H and O–H groups in total.